The largest absolute Gasteiger partial charge is 0.381 e. The summed E-state index contributed by atoms with van der Waals surface area (Å²) in [5, 5.41) is 5.49. The summed E-state index contributed by atoms with van der Waals surface area (Å²) < 4.78 is 5.41. The Kier molecular flexibility index (Phi) is 10.2. The number of carbonyl (C=O) groups excluding carboxylic acids is 2. The molecule has 0 bridgehead atoms. The topological polar surface area (TPSA) is 67.4 Å². The SMILES string of the molecule is CCCCOCCCNC(=O)C(NC(C)=O)C(C)C. The molecule has 0 aromatic rings. The summed E-state index contributed by atoms with van der Waals surface area (Å²) >= 11 is 0. The molecule has 19 heavy (non-hydrogen) atoms. The molecule has 0 radical (unpaired) electrons. The van der Waals surface area contributed by atoms with E-state index in [1.807, 2.05) is 13.8 Å². The van der Waals surface area contributed by atoms with Gasteiger partial charge in [0.25, 0.3) is 0 Å². The Morgan fingerprint density at radius 2 is 1.79 bits per heavy atom. The zero-order valence-electron chi connectivity index (χ0n) is 12.6. The van der Waals surface area contributed by atoms with Crippen LogP contribution in [0.5, 0.6) is 0 Å². The Morgan fingerprint density at radius 3 is 2.32 bits per heavy atom. The Labute approximate surface area is 116 Å². The third kappa shape index (κ3) is 9.47. The zero-order chi connectivity index (χ0) is 14.7. The molecule has 0 spiro atoms. The van der Waals surface area contributed by atoms with E-state index in [1.165, 1.54) is 6.92 Å². The van der Waals surface area contributed by atoms with Crippen LogP contribution in [0.15, 0.2) is 0 Å². The van der Waals surface area contributed by atoms with E-state index in [2.05, 4.69) is 17.6 Å². The lowest BCUT2D eigenvalue weighted by molar-refractivity contribution is -0.129. The van der Waals surface area contributed by atoms with Gasteiger partial charge in [0.05, 0.1) is 0 Å². The van der Waals surface area contributed by atoms with E-state index in [4.69, 9.17) is 4.74 Å². The lowest BCUT2D eigenvalue weighted by atomic mass is 10.0. The molecule has 112 valence electrons. The lowest BCUT2D eigenvalue weighted by Gasteiger charge is -2.20. The van der Waals surface area contributed by atoms with Crippen LogP contribution in [0.25, 0.3) is 0 Å². The Bertz CT molecular complexity index is 267. The Hall–Kier alpha value is -1.10. The summed E-state index contributed by atoms with van der Waals surface area (Å²) in [7, 11) is 0. The van der Waals surface area contributed by atoms with Gasteiger partial charge in [-0.25, -0.2) is 0 Å². The second-order valence-electron chi connectivity index (χ2n) is 5.03. The molecule has 0 saturated carbocycles. The van der Waals surface area contributed by atoms with Gasteiger partial charge < -0.3 is 15.4 Å². The van der Waals surface area contributed by atoms with Crippen molar-refractivity contribution in [3.05, 3.63) is 0 Å². The third-order valence-electron chi connectivity index (χ3n) is 2.71. The highest BCUT2D eigenvalue weighted by Crippen LogP contribution is 2.01. The number of carbonyl (C=O) groups is 2. The Balaban J connectivity index is 3.78. The van der Waals surface area contributed by atoms with Crippen molar-refractivity contribution < 1.29 is 14.3 Å². The maximum Gasteiger partial charge on any atom is 0.242 e. The van der Waals surface area contributed by atoms with Gasteiger partial charge in [-0.05, 0) is 18.8 Å². The number of nitrogens with one attached hydrogen (secondary N) is 2. The first-order valence-corrected chi connectivity index (χ1v) is 7.11. The molecule has 0 aliphatic carbocycles. The molecule has 0 aromatic heterocycles. The minimum atomic E-state index is -0.460. The number of hydrogen-bond acceptors (Lipinski definition) is 3. The van der Waals surface area contributed by atoms with Gasteiger partial charge in [0.1, 0.15) is 6.04 Å². The van der Waals surface area contributed by atoms with Gasteiger partial charge in [-0.2, -0.15) is 0 Å². The van der Waals surface area contributed by atoms with Crippen LogP contribution in [0, 0.1) is 5.92 Å². The second kappa shape index (κ2) is 10.8. The molecule has 0 aliphatic heterocycles. The highest BCUT2D eigenvalue weighted by Gasteiger charge is 2.22. The number of hydrogen-bond donors (Lipinski definition) is 2. The molecule has 0 heterocycles. The molecule has 1 atom stereocenters. The molecule has 2 N–H and O–H groups in total. The summed E-state index contributed by atoms with van der Waals surface area (Å²) in [6, 6.07) is -0.460. The molecule has 0 saturated heterocycles. The van der Waals surface area contributed by atoms with Crippen molar-refractivity contribution in [2.24, 2.45) is 5.92 Å². The third-order valence-corrected chi connectivity index (χ3v) is 2.71. The maximum absolute atomic E-state index is 11.9. The minimum Gasteiger partial charge on any atom is -0.381 e. The van der Waals surface area contributed by atoms with Crippen LogP contribution in [0.4, 0.5) is 0 Å². The summed E-state index contributed by atoms with van der Waals surface area (Å²) in [5.41, 5.74) is 0. The van der Waals surface area contributed by atoms with Crippen LogP contribution in [0.1, 0.15) is 47.0 Å². The van der Waals surface area contributed by atoms with E-state index in [0.717, 1.165) is 25.9 Å². The van der Waals surface area contributed by atoms with Gasteiger partial charge >= 0.3 is 0 Å². The van der Waals surface area contributed by atoms with Crippen LogP contribution in [-0.4, -0.2) is 37.6 Å². The van der Waals surface area contributed by atoms with Crippen LogP contribution in [0.3, 0.4) is 0 Å². The maximum atomic E-state index is 11.9. The second-order valence-corrected chi connectivity index (χ2v) is 5.03. The fourth-order valence-corrected chi connectivity index (χ4v) is 1.60. The number of unbranched alkanes of at least 4 members (excludes halogenated alkanes) is 1. The molecule has 0 aliphatic rings. The van der Waals surface area contributed by atoms with Gasteiger partial charge in [0.15, 0.2) is 0 Å². The van der Waals surface area contributed by atoms with Crippen LogP contribution >= 0.6 is 0 Å². The van der Waals surface area contributed by atoms with Crippen LogP contribution < -0.4 is 10.6 Å². The lowest BCUT2D eigenvalue weighted by Crippen LogP contribution is -2.49. The normalized spacial score (nSPS) is 12.3. The first kappa shape index (κ1) is 17.9. The van der Waals surface area contributed by atoms with E-state index in [-0.39, 0.29) is 17.7 Å². The van der Waals surface area contributed by atoms with E-state index in [0.29, 0.717) is 13.2 Å². The van der Waals surface area contributed by atoms with Crippen LogP contribution in [0.2, 0.25) is 0 Å². The standard InChI is InChI=1S/C14H28N2O3/c1-5-6-9-19-10-7-8-15-14(18)13(11(2)3)16-12(4)17/h11,13H,5-10H2,1-4H3,(H,15,18)(H,16,17). The molecular formula is C14H28N2O3. The average Bonchev–Trinajstić information content (AvgIpc) is 2.34. The van der Waals surface area contributed by atoms with Gasteiger partial charge in [-0.3, -0.25) is 9.59 Å². The smallest absolute Gasteiger partial charge is 0.242 e. The van der Waals surface area contributed by atoms with Crippen molar-refractivity contribution in [2.45, 2.75) is 53.0 Å². The summed E-state index contributed by atoms with van der Waals surface area (Å²) in [4.78, 5) is 22.9. The zero-order valence-corrected chi connectivity index (χ0v) is 12.6. The van der Waals surface area contributed by atoms with Crippen molar-refractivity contribution >= 4 is 11.8 Å². The highest BCUT2D eigenvalue weighted by molar-refractivity contribution is 5.86. The van der Waals surface area contributed by atoms with Crippen molar-refractivity contribution in [2.75, 3.05) is 19.8 Å². The fraction of sp³-hybridized carbons (Fsp3) is 0.857. The average molecular weight is 272 g/mol. The van der Waals surface area contributed by atoms with Crippen molar-refractivity contribution in [1.29, 1.82) is 0 Å². The van der Waals surface area contributed by atoms with Gasteiger partial charge in [-0.15, -0.1) is 0 Å². The van der Waals surface area contributed by atoms with E-state index < -0.39 is 6.04 Å². The van der Waals surface area contributed by atoms with E-state index in [1.54, 1.807) is 0 Å². The summed E-state index contributed by atoms with van der Waals surface area (Å²) in [5.74, 6) is -0.236. The molecule has 5 heteroatoms. The first-order valence-electron chi connectivity index (χ1n) is 7.11. The number of amides is 2. The van der Waals surface area contributed by atoms with Crippen molar-refractivity contribution in [3.63, 3.8) is 0 Å². The van der Waals surface area contributed by atoms with E-state index in [9.17, 15) is 9.59 Å². The summed E-state index contributed by atoms with van der Waals surface area (Å²) in [6.07, 6.45) is 2.99. The monoisotopic (exact) mass is 272 g/mol. The van der Waals surface area contributed by atoms with Crippen molar-refractivity contribution in [3.8, 4) is 0 Å². The molecule has 2 amide bonds. The first-order chi connectivity index (χ1) is 8.99. The fourth-order valence-electron chi connectivity index (χ4n) is 1.60. The van der Waals surface area contributed by atoms with Gasteiger partial charge in [0.2, 0.25) is 11.8 Å². The molecular weight excluding hydrogens is 244 g/mol. The van der Waals surface area contributed by atoms with E-state index >= 15 is 0 Å². The molecule has 0 rings (SSSR count). The van der Waals surface area contributed by atoms with Gasteiger partial charge in [0, 0.05) is 26.7 Å². The predicted molar refractivity (Wildman–Crippen MR) is 75.8 cm³/mol. The molecule has 1 unspecified atom stereocenters. The summed E-state index contributed by atoms with van der Waals surface area (Å²) in [6.45, 7) is 9.38. The molecule has 5 nitrogen and oxygen atoms in total. The Morgan fingerprint density at radius 1 is 1.16 bits per heavy atom. The van der Waals surface area contributed by atoms with Crippen molar-refractivity contribution in [1.82, 2.24) is 10.6 Å². The minimum absolute atomic E-state index is 0.0738. The predicted octanol–water partition coefficient (Wildman–Crippen LogP) is 1.47. The molecule has 0 aromatic carbocycles. The number of ether oxygens (including phenoxy) is 1. The van der Waals surface area contributed by atoms with Gasteiger partial charge in [-0.1, -0.05) is 27.2 Å². The van der Waals surface area contributed by atoms with Crippen LogP contribution in [-0.2, 0) is 14.3 Å². The number of rotatable bonds is 10. The molecule has 0 fully saturated rings. The quantitative estimate of drug-likeness (QED) is 0.592. The highest BCUT2D eigenvalue weighted by atomic mass is 16.5.